The molecule has 0 atom stereocenters. The van der Waals surface area contributed by atoms with Crippen molar-refractivity contribution >= 4 is 27.3 Å². The molecule has 0 radical (unpaired) electrons. The molecule has 0 unspecified atom stereocenters. The van der Waals surface area contributed by atoms with Gasteiger partial charge < -0.3 is 14.8 Å². The van der Waals surface area contributed by atoms with E-state index in [-0.39, 0.29) is 13.3 Å². The molecule has 0 aromatic heterocycles. The van der Waals surface area contributed by atoms with Gasteiger partial charge in [-0.05, 0) is 30.7 Å². The van der Waals surface area contributed by atoms with Gasteiger partial charge in [-0.2, -0.15) is 0 Å². The van der Waals surface area contributed by atoms with Crippen molar-refractivity contribution in [3.8, 4) is 11.5 Å². The zero-order chi connectivity index (χ0) is 18.0. The van der Waals surface area contributed by atoms with E-state index in [4.69, 9.17) is 9.47 Å². The number of hydrogen-bond donors (Lipinski definition) is 1. The van der Waals surface area contributed by atoms with Gasteiger partial charge in [0.25, 0.3) is 0 Å². The third kappa shape index (κ3) is 3.85. The van der Waals surface area contributed by atoms with Crippen molar-refractivity contribution in [2.45, 2.75) is 6.92 Å². The quantitative estimate of drug-likeness (QED) is 0.881. The molecule has 2 aromatic carbocycles. The average molecular weight is 362 g/mol. The predicted octanol–water partition coefficient (Wildman–Crippen LogP) is 2.13. The summed E-state index contributed by atoms with van der Waals surface area (Å²) in [5.41, 5.74) is 1.88. The Bertz CT molecular complexity index is 911. The lowest BCUT2D eigenvalue weighted by Crippen LogP contribution is -2.37. The third-order valence-electron chi connectivity index (χ3n) is 3.75. The summed E-state index contributed by atoms with van der Waals surface area (Å²) < 4.78 is 35.8. The van der Waals surface area contributed by atoms with Gasteiger partial charge in [0.1, 0.15) is 6.54 Å². The normalized spacial score (nSPS) is 12.7. The van der Waals surface area contributed by atoms with Crippen LogP contribution >= 0.6 is 0 Å². The first-order valence-electron chi connectivity index (χ1n) is 7.57. The molecule has 132 valence electrons. The molecule has 1 amide bonds. The molecule has 0 saturated heterocycles. The summed E-state index contributed by atoms with van der Waals surface area (Å²) in [6, 6.07) is 12.0. The highest BCUT2D eigenvalue weighted by molar-refractivity contribution is 7.92. The molecule has 7 nitrogen and oxygen atoms in total. The van der Waals surface area contributed by atoms with E-state index in [1.165, 1.54) is 0 Å². The third-order valence-corrected chi connectivity index (χ3v) is 4.89. The van der Waals surface area contributed by atoms with Crippen LogP contribution in [0, 0.1) is 6.92 Å². The number of anilines is 2. The van der Waals surface area contributed by atoms with Crippen LogP contribution in [-0.4, -0.2) is 33.9 Å². The number of nitrogens with one attached hydrogen (secondary N) is 1. The Morgan fingerprint density at radius 2 is 1.88 bits per heavy atom. The average Bonchev–Trinajstić information content (AvgIpc) is 3.01. The van der Waals surface area contributed by atoms with Gasteiger partial charge in [-0.3, -0.25) is 9.10 Å². The smallest absolute Gasteiger partial charge is 0.245 e. The minimum Gasteiger partial charge on any atom is -0.454 e. The Morgan fingerprint density at radius 1 is 1.16 bits per heavy atom. The van der Waals surface area contributed by atoms with Crippen LogP contribution in [0.15, 0.2) is 42.5 Å². The fourth-order valence-corrected chi connectivity index (χ4v) is 3.32. The monoisotopic (exact) mass is 362 g/mol. The zero-order valence-corrected chi connectivity index (χ0v) is 14.7. The molecule has 0 bridgehead atoms. The maximum absolute atomic E-state index is 12.4. The van der Waals surface area contributed by atoms with Crippen molar-refractivity contribution in [2.24, 2.45) is 0 Å². The number of benzene rings is 2. The summed E-state index contributed by atoms with van der Waals surface area (Å²) in [5.74, 6) is 0.560. The number of aryl methyl sites for hydroxylation is 1. The van der Waals surface area contributed by atoms with Gasteiger partial charge in [0.05, 0.1) is 11.9 Å². The van der Waals surface area contributed by atoms with Crippen LogP contribution < -0.4 is 19.1 Å². The largest absolute Gasteiger partial charge is 0.454 e. The van der Waals surface area contributed by atoms with E-state index in [0.717, 1.165) is 16.1 Å². The number of sulfonamides is 1. The summed E-state index contributed by atoms with van der Waals surface area (Å²) in [6.07, 6.45) is 1.05. The van der Waals surface area contributed by atoms with Crippen LogP contribution in [0.1, 0.15) is 5.56 Å². The zero-order valence-electron chi connectivity index (χ0n) is 13.9. The molecule has 1 N–H and O–H groups in total. The lowest BCUT2D eigenvalue weighted by molar-refractivity contribution is -0.114. The van der Waals surface area contributed by atoms with Crippen LogP contribution in [0.2, 0.25) is 0 Å². The van der Waals surface area contributed by atoms with Crippen LogP contribution in [0.4, 0.5) is 11.4 Å². The number of nitrogens with zero attached hydrogens (tertiary/aromatic N) is 1. The Balaban J connectivity index is 1.82. The maximum Gasteiger partial charge on any atom is 0.245 e. The molecular formula is C17H18N2O5S. The second-order valence-corrected chi connectivity index (χ2v) is 7.58. The number of rotatable bonds is 5. The highest BCUT2D eigenvalue weighted by Crippen LogP contribution is 2.36. The topological polar surface area (TPSA) is 84.9 Å². The van der Waals surface area contributed by atoms with Crippen LogP contribution in [0.5, 0.6) is 11.5 Å². The summed E-state index contributed by atoms with van der Waals surface area (Å²) in [6.45, 7) is 1.61. The highest BCUT2D eigenvalue weighted by Gasteiger charge is 2.24. The molecule has 1 aliphatic heterocycles. The molecule has 1 aliphatic rings. The van der Waals surface area contributed by atoms with Gasteiger partial charge in [0.2, 0.25) is 22.7 Å². The highest BCUT2D eigenvalue weighted by atomic mass is 32.2. The first kappa shape index (κ1) is 17.1. The van der Waals surface area contributed by atoms with Crippen LogP contribution in [0.25, 0.3) is 0 Å². The lowest BCUT2D eigenvalue weighted by Gasteiger charge is -2.22. The van der Waals surface area contributed by atoms with E-state index in [0.29, 0.717) is 22.9 Å². The van der Waals surface area contributed by atoms with E-state index in [1.54, 1.807) is 30.3 Å². The molecule has 2 aromatic rings. The lowest BCUT2D eigenvalue weighted by atomic mass is 10.2. The molecule has 1 heterocycles. The molecule has 25 heavy (non-hydrogen) atoms. The molecular weight excluding hydrogens is 344 g/mol. The molecule has 0 saturated carbocycles. The van der Waals surface area contributed by atoms with Crippen molar-refractivity contribution in [3.63, 3.8) is 0 Å². The minimum absolute atomic E-state index is 0.0887. The van der Waals surface area contributed by atoms with Gasteiger partial charge in [-0.1, -0.05) is 18.2 Å². The van der Waals surface area contributed by atoms with E-state index < -0.39 is 15.9 Å². The van der Waals surface area contributed by atoms with Crippen molar-refractivity contribution in [2.75, 3.05) is 29.2 Å². The molecule has 8 heteroatoms. The van der Waals surface area contributed by atoms with E-state index in [2.05, 4.69) is 5.32 Å². The second-order valence-electron chi connectivity index (χ2n) is 5.67. The number of carbonyl (C=O) groups is 1. The van der Waals surface area contributed by atoms with E-state index in [9.17, 15) is 13.2 Å². The van der Waals surface area contributed by atoms with Crippen molar-refractivity contribution in [3.05, 3.63) is 48.0 Å². The van der Waals surface area contributed by atoms with Crippen LogP contribution in [0.3, 0.4) is 0 Å². The second kappa shape index (κ2) is 6.64. The Kier molecular flexibility index (Phi) is 4.54. The first-order valence-corrected chi connectivity index (χ1v) is 9.42. The standard InChI is InChI=1S/C17H18N2O5S/c1-12-5-3-4-6-14(12)18-17(20)10-19(25(2,21)22)13-7-8-15-16(9-13)24-11-23-15/h3-9H,10-11H2,1-2H3,(H,18,20). The molecule has 3 rings (SSSR count). The Morgan fingerprint density at radius 3 is 2.60 bits per heavy atom. The summed E-state index contributed by atoms with van der Waals surface area (Å²) >= 11 is 0. The van der Waals surface area contributed by atoms with E-state index >= 15 is 0 Å². The number of ether oxygens (including phenoxy) is 2. The maximum atomic E-state index is 12.4. The van der Waals surface area contributed by atoms with Gasteiger partial charge in [0, 0.05) is 11.8 Å². The Labute approximate surface area is 146 Å². The number of para-hydroxylation sites is 1. The van der Waals surface area contributed by atoms with Crippen molar-refractivity contribution < 1.29 is 22.7 Å². The minimum atomic E-state index is -3.66. The fourth-order valence-electron chi connectivity index (χ4n) is 2.47. The van der Waals surface area contributed by atoms with Gasteiger partial charge in [-0.15, -0.1) is 0 Å². The van der Waals surface area contributed by atoms with Gasteiger partial charge in [-0.25, -0.2) is 8.42 Å². The Hall–Kier alpha value is -2.74. The van der Waals surface area contributed by atoms with Crippen molar-refractivity contribution in [1.82, 2.24) is 0 Å². The van der Waals surface area contributed by atoms with E-state index in [1.807, 2.05) is 19.1 Å². The molecule has 0 spiro atoms. The molecule has 0 aliphatic carbocycles. The predicted molar refractivity (Wildman–Crippen MR) is 94.6 cm³/mol. The SMILES string of the molecule is Cc1ccccc1NC(=O)CN(c1ccc2c(c1)OCO2)S(C)(=O)=O. The fraction of sp³-hybridized carbons (Fsp3) is 0.235. The van der Waals surface area contributed by atoms with Gasteiger partial charge >= 0.3 is 0 Å². The van der Waals surface area contributed by atoms with Crippen LogP contribution in [-0.2, 0) is 14.8 Å². The number of amides is 1. The number of hydrogen-bond acceptors (Lipinski definition) is 5. The number of carbonyl (C=O) groups excluding carboxylic acids is 1. The summed E-state index contributed by atoms with van der Waals surface area (Å²) in [5, 5.41) is 2.73. The molecule has 0 fully saturated rings. The first-order chi connectivity index (χ1) is 11.8. The summed E-state index contributed by atoms with van der Waals surface area (Å²) in [4.78, 5) is 12.4. The van der Waals surface area contributed by atoms with Gasteiger partial charge in [0.15, 0.2) is 11.5 Å². The van der Waals surface area contributed by atoms with Crippen molar-refractivity contribution in [1.29, 1.82) is 0 Å². The summed E-state index contributed by atoms with van der Waals surface area (Å²) in [7, 11) is -3.66. The number of fused-ring (bicyclic) bond motifs is 1.